The summed E-state index contributed by atoms with van der Waals surface area (Å²) in [6.07, 6.45) is 5.68. The van der Waals surface area contributed by atoms with Gasteiger partial charge in [-0.05, 0) is 59.2 Å². The summed E-state index contributed by atoms with van der Waals surface area (Å²) < 4.78 is 5.42. The molecule has 1 rings (SSSR count). The van der Waals surface area contributed by atoms with Crippen molar-refractivity contribution in [2.24, 2.45) is 5.73 Å². The molecule has 2 unspecified atom stereocenters. The van der Waals surface area contributed by atoms with Gasteiger partial charge in [0.15, 0.2) is 0 Å². The number of nitrogens with zero attached hydrogens (tertiary/aromatic N) is 1. The van der Waals surface area contributed by atoms with Crippen LogP contribution in [0.15, 0.2) is 0 Å². The molecule has 1 saturated heterocycles. The van der Waals surface area contributed by atoms with Crippen LogP contribution in [0.1, 0.15) is 39.0 Å². The van der Waals surface area contributed by atoms with E-state index in [0.717, 1.165) is 32.4 Å². The predicted molar refractivity (Wildman–Crippen MR) is 77.0 cm³/mol. The Hall–Kier alpha value is -0.650. The number of piperidine rings is 1. The maximum absolute atomic E-state index is 11.4. The topological polar surface area (TPSA) is 67.6 Å². The van der Waals surface area contributed by atoms with Gasteiger partial charge in [-0.15, -0.1) is 0 Å². The Balaban J connectivity index is 2.21. The first kappa shape index (κ1) is 16.4. The Bertz CT molecular complexity index is 286. The number of nitrogens with one attached hydrogen (secondary N) is 1. The fourth-order valence-electron chi connectivity index (χ4n) is 2.59. The van der Waals surface area contributed by atoms with E-state index in [4.69, 9.17) is 10.5 Å². The Morgan fingerprint density at radius 1 is 1.53 bits per heavy atom. The average Bonchev–Trinajstić information content (AvgIpc) is 2.43. The van der Waals surface area contributed by atoms with Gasteiger partial charge in [0.2, 0.25) is 5.91 Å². The highest BCUT2D eigenvalue weighted by Crippen LogP contribution is 2.16. The molecule has 1 fully saturated rings. The Kier molecular flexibility index (Phi) is 6.75. The summed E-state index contributed by atoms with van der Waals surface area (Å²) in [4.78, 5) is 13.8. The molecular weight excluding hydrogens is 242 g/mol. The van der Waals surface area contributed by atoms with Crippen molar-refractivity contribution in [2.75, 3.05) is 33.8 Å². The van der Waals surface area contributed by atoms with Crippen LogP contribution >= 0.6 is 0 Å². The maximum Gasteiger partial charge on any atom is 0.237 e. The molecule has 0 radical (unpaired) electrons. The van der Waals surface area contributed by atoms with Gasteiger partial charge in [0, 0.05) is 13.7 Å². The van der Waals surface area contributed by atoms with E-state index >= 15 is 0 Å². The van der Waals surface area contributed by atoms with Gasteiger partial charge in [-0.1, -0.05) is 0 Å². The third-order valence-electron chi connectivity index (χ3n) is 4.29. The van der Waals surface area contributed by atoms with Gasteiger partial charge in [-0.2, -0.15) is 0 Å². The third-order valence-corrected chi connectivity index (χ3v) is 4.29. The zero-order chi connectivity index (χ0) is 14.3. The number of hydrogen-bond donors (Lipinski definition) is 2. The minimum atomic E-state index is -0.572. The number of rotatable bonds is 8. The van der Waals surface area contributed by atoms with Crippen LogP contribution in [0, 0.1) is 0 Å². The number of primary amides is 1. The number of likely N-dealkylation sites (N-methyl/N-ethyl adjacent to an activating group) is 1. The molecular formula is C14H29N3O2. The van der Waals surface area contributed by atoms with Crippen molar-refractivity contribution in [3.63, 3.8) is 0 Å². The normalized spacial score (nSPS) is 24.1. The fraction of sp³-hybridized carbons (Fsp3) is 0.929. The Labute approximate surface area is 116 Å². The van der Waals surface area contributed by atoms with E-state index in [1.807, 2.05) is 6.92 Å². The summed E-state index contributed by atoms with van der Waals surface area (Å²) >= 11 is 0. The standard InChI is InChI=1S/C14H29N3O2/c1-14(16-2,13(15)18)8-4-5-9-17-10-6-7-12(11-17)19-3/h12,16H,4-11H2,1-3H3,(H2,15,18). The summed E-state index contributed by atoms with van der Waals surface area (Å²) in [6.45, 7) is 5.16. The molecule has 0 saturated carbocycles. The van der Waals surface area contributed by atoms with Crippen molar-refractivity contribution in [3.05, 3.63) is 0 Å². The van der Waals surface area contributed by atoms with Crippen molar-refractivity contribution >= 4 is 5.91 Å². The van der Waals surface area contributed by atoms with Crippen LogP contribution in [0.2, 0.25) is 0 Å². The molecule has 1 heterocycles. The molecule has 1 aliphatic heterocycles. The zero-order valence-electron chi connectivity index (χ0n) is 12.6. The molecule has 0 spiro atoms. The summed E-state index contributed by atoms with van der Waals surface area (Å²) in [5.41, 5.74) is 4.84. The van der Waals surface area contributed by atoms with Gasteiger partial charge in [0.1, 0.15) is 0 Å². The Morgan fingerprint density at radius 3 is 2.84 bits per heavy atom. The van der Waals surface area contributed by atoms with E-state index in [-0.39, 0.29) is 5.91 Å². The lowest BCUT2D eigenvalue weighted by Crippen LogP contribution is -2.51. The molecule has 1 amide bonds. The van der Waals surface area contributed by atoms with Crippen molar-refractivity contribution in [1.29, 1.82) is 0 Å². The molecule has 1 aliphatic rings. The summed E-state index contributed by atoms with van der Waals surface area (Å²) in [5, 5.41) is 3.02. The number of hydrogen-bond acceptors (Lipinski definition) is 4. The highest BCUT2D eigenvalue weighted by atomic mass is 16.5. The van der Waals surface area contributed by atoms with Crippen LogP contribution in [0.5, 0.6) is 0 Å². The van der Waals surface area contributed by atoms with Crippen LogP contribution < -0.4 is 11.1 Å². The smallest absolute Gasteiger partial charge is 0.237 e. The van der Waals surface area contributed by atoms with Crippen LogP contribution in [-0.2, 0) is 9.53 Å². The van der Waals surface area contributed by atoms with Crippen molar-refractivity contribution in [3.8, 4) is 0 Å². The zero-order valence-corrected chi connectivity index (χ0v) is 12.6. The lowest BCUT2D eigenvalue weighted by Gasteiger charge is -2.32. The van der Waals surface area contributed by atoms with Crippen molar-refractivity contribution in [2.45, 2.75) is 50.7 Å². The molecule has 0 aromatic carbocycles. The quantitative estimate of drug-likeness (QED) is 0.639. The molecule has 0 aromatic rings. The second kappa shape index (κ2) is 7.82. The molecule has 5 heteroatoms. The first-order valence-corrected chi connectivity index (χ1v) is 7.26. The molecule has 2 atom stereocenters. The average molecular weight is 271 g/mol. The number of ether oxygens (including phenoxy) is 1. The van der Waals surface area contributed by atoms with Crippen molar-refractivity contribution in [1.82, 2.24) is 10.2 Å². The van der Waals surface area contributed by atoms with Crippen LogP contribution in [0.25, 0.3) is 0 Å². The minimum Gasteiger partial charge on any atom is -0.380 e. The molecule has 0 aromatic heterocycles. The van der Waals surface area contributed by atoms with Gasteiger partial charge in [0.25, 0.3) is 0 Å². The maximum atomic E-state index is 11.4. The summed E-state index contributed by atoms with van der Waals surface area (Å²) in [7, 11) is 3.58. The van der Waals surface area contributed by atoms with E-state index in [1.54, 1.807) is 14.2 Å². The first-order valence-electron chi connectivity index (χ1n) is 7.26. The van der Waals surface area contributed by atoms with Gasteiger partial charge < -0.3 is 20.7 Å². The first-order chi connectivity index (χ1) is 9.01. The number of carbonyl (C=O) groups excluding carboxylic acids is 1. The van der Waals surface area contributed by atoms with E-state index in [2.05, 4.69) is 10.2 Å². The van der Waals surface area contributed by atoms with Gasteiger partial charge in [-0.3, -0.25) is 4.79 Å². The number of carbonyl (C=O) groups is 1. The Morgan fingerprint density at radius 2 is 2.26 bits per heavy atom. The second-order valence-corrected chi connectivity index (χ2v) is 5.70. The van der Waals surface area contributed by atoms with E-state index in [9.17, 15) is 4.79 Å². The molecule has 3 N–H and O–H groups in total. The largest absolute Gasteiger partial charge is 0.380 e. The minimum absolute atomic E-state index is 0.271. The number of amides is 1. The SMILES string of the molecule is CNC(C)(CCCCN1CCCC(OC)C1)C(N)=O. The monoisotopic (exact) mass is 271 g/mol. The summed E-state index contributed by atoms with van der Waals surface area (Å²) in [5.74, 6) is -0.271. The summed E-state index contributed by atoms with van der Waals surface area (Å²) in [6, 6.07) is 0. The number of nitrogens with two attached hydrogens (primary N) is 1. The molecule has 0 aliphatic carbocycles. The lowest BCUT2D eigenvalue weighted by molar-refractivity contribution is -0.123. The number of unbranched alkanes of at least 4 members (excludes halogenated alkanes) is 1. The molecule has 5 nitrogen and oxygen atoms in total. The van der Waals surface area contributed by atoms with Gasteiger partial charge >= 0.3 is 0 Å². The predicted octanol–water partition coefficient (Wildman–Crippen LogP) is 0.731. The van der Waals surface area contributed by atoms with Crippen LogP contribution in [0.3, 0.4) is 0 Å². The van der Waals surface area contributed by atoms with Crippen LogP contribution in [-0.4, -0.2) is 56.2 Å². The molecule has 0 bridgehead atoms. The lowest BCUT2D eigenvalue weighted by atomic mass is 9.94. The van der Waals surface area contributed by atoms with Gasteiger partial charge in [-0.25, -0.2) is 0 Å². The highest BCUT2D eigenvalue weighted by Gasteiger charge is 2.28. The third kappa shape index (κ3) is 5.09. The van der Waals surface area contributed by atoms with Gasteiger partial charge in [0.05, 0.1) is 11.6 Å². The van der Waals surface area contributed by atoms with E-state index in [0.29, 0.717) is 6.10 Å². The number of likely N-dealkylation sites (tertiary alicyclic amines) is 1. The van der Waals surface area contributed by atoms with Crippen molar-refractivity contribution < 1.29 is 9.53 Å². The molecule has 112 valence electrons. The van der Waals surface area contributed by atoms with Crippen LogP contribution in [0.4, 0.5) is 0 Å². The fourth-order valence-corrected chi connectivity index (χ4v) is 2.59. The van der Waals surface area contributed by atoms with E-state index < -0.39 is 5.54 Å². The molecule has 19 heavy (non-hydrogen) atoms. The second-order valence-electron chi connectivity index (χ2n) is 5.70. The van der Waals surface area contributed by atoms with E-state index in [1.165, 1.54) is 19.4 Å². The number of methoxy groups -OCH3 is 1. The highest BCUT2D eigenvalue weighted by molar-refractivity contribution is 5.84.